The molecule has 13 heteroatoms. The molecule has 1 fully saturated rings. The summed E-state index contributed by atoms with van der Waals surface area (Å²) in [5.41, 5.74) is 1.96. The maximum Gasteiger partial charge on any atom is 0.333 e. The van der Waals surface area contributed by atoms with Gasteiger partial charge in [-0.1, -0.05) is 41.9 Å². The number of aliphatic hydroxyl groups is 1. The number of anilines is 1. The van der Waals surface area contributed by atoms with Gasteiger partial charge in [0.25, 0.3) is 0 Å². The molecule has 9 nitrogen and oxygen atoms in total. The van der Waals surface area contributed by atoms with Crippen LogP contribution in [-0.2, 0) is 20.9 Å². The molecule has 186 valence electrons. The second-order valence-corrected chi connectivity index (χ2v) is 11.0. The van der Waals surface area contributed by atoms with E-state index in [4.69, 9.17) is 16.7 Å². The van der Waals surface area contributed by atoms with E-state index in [9.17, 15) is 22.7 Å². The van der Waals surface area contributed by atoms with Crippen LogP contribution >= 0.6 is 22.9 Å². The van der Waals surface area contributed by atoms with Gasteiger partial charge >= 0.3 is 10.3 Å². The number of hydrogen-bond acceptors (Lipinski definition) is 9. The SMILES string of the molecule is NS(=O)(=O)OC[C@H]1CC(Nc2ncncc2C(=O)c2cc(Cc3ccccc3)c(Cl)s2)[C@@H](F)[C@@H]1O. The molecule has 0 saturated heterocycles. The molecule has 2 heterocycles. The molecule has 1 aliphatic rings. The lowest BCUT2D eigenvalue weighted by atomic mass is 10.1. The molecule has 0 aliphatic heterocycles. The summed E-state index contributed by atoms with van der Waals surface area (Å²) in [6, 6.07) is 10.5. The van der Waals surface area contributed by atoms with Gasteiger partial charge in [-0.15, -0.1) is 11.3 Å². The maximum atomic E-state index is 14.8. The fourth-order valence-electron chi connectivity index (χ4n) is 3.95. The molecule has 2 aromatic heterocycles. The largest absolute Gasteiger partial charge is 0.390 e. The Morgan fingerprint density at radius 3 is 2.80 bits per heavy atom. The molecular weight excluding hydrogens is 519 g/mol. The summed E-state index contributed by atoms with van der Waals surface area (Å²) < 4.78 is 41.8. The summed E-state index contributed by atoms with van der Waals surface area (Å²) >= 11 is 7.53. The van der Waals surface area contributed by atoms with Crippen molar-refractivity contribution < 1.29 is 26.9 Å². The van der Waals surface area contributed by atoms with Crippen LogP contribution < -0.4 is 10.5 Å². The van der Waals surface area contributed by atoms with Crippen LogP contribution in [-0.4, -0.2) is 54.2 Å². The van der Waals surface area contributed by atoms with Gasteiger partial charge in [-0.2, -0.15) is 8.42 Å². The van der Waals surface area contributed by atoms with Crippen molar-refractivity contribution in [2.75, 3.05) is 11.9 Å². The molecule has 4 atom stereocenters. The van der Waals surface area contributed by atoms with Crippen molar-refractivity contribution in [2.45, 2.75) is 31.2 Å². The standard InChI is InChI=1S/C22H22ClFN4O5S2/c23-21-13(6-12-4-2-1-3-5-12)8-17(34-21)20(30)15-9-26-11-27-22(15)28-16-7-14(19(29)18(16)24)10-33-35(25,31)32/h1-5,8-9,11,14,16,18-19,29H,6-7,10H2,(H2,25,31,32)(H,26,27,28)/t14-,16?,18-,19-/m1/s1. The van der Waals surface area contributed by atoms with Gasteiger partial charge in [0, 0.05) is 12.1 Å². The highest BCUT2D eigenvalue weighted by molar-refractivity contribution is 7.84. The van der Waals surface area contributed by atoms with Gasteiger partial charge in [0.2, 0.25) is 5.78 Å². The Labute approximate surface area is 210 Å². The lowest BCUT2D eigenvalue weighted by Crippen LogP contribution is -2.33. The first-order valence-corrected chi connectivity index (χ1v) is 13.2. The van der Waals surface area contributed by atoms with Crippen LogP contribution in [0.3, 0.4) is 0 Å². The molecule has 0 bridgehead atoms. The normalized spacial score (nSPS) is 22.3. The Bertz CT molecular complexity index is 1310. The molecule has 1 aliphatic carbocycles. The number of nitrogens with two attached hydrogens (primary N) is 1. The highest BCUT2D eigenvalue weighted by Gasteiger charge is 2.44. The fraction of sp³-hybridized carbons (Fsp3) is 0.318. The third-order valence-electron chi connectivity index (χ3n) is 5.69. The first kappa shape index (κ1) is 25.6. The molecule has 0 amide bonds. The molecule has 1 unspecified atom stereocenters. The lowest BCUT2D eigenvalue weighted by molar-refractivity contribution is 0.0501. The summed E-state index contributed by atoms with van der Waals surface area (Å²) in [4.78, 5) is 21.7. The maximum absolute atomic E-state index is 14.8. The molecular formula is C22H22ClFN4O5S2. The Morgan fingerprint density at radius 2 is 2.09 bits per heavy atom. The quantitative estimate of drug-likeness (QED) is 0.351. The number of aliphatic hydroxyl groups excluding tert-OH is 1. The Morgan fingerprint density at radius 1 is 1.34 bits per heavy atom. The van der Waals surface area contributed by atoms with Gasteiger partial charge in [-0.05, 0) is 30.0 Å². The predicted molar refractivity (Wildman–Crippen MR) is 130 cm³/mol. The minimum atomic E-state index is -4.23. The number of aromatic nitrogens is 2. The van der Waals surface area contributed by atoms with E-state index in [-0.39, 0.29) is 23.6 Å². The molecule has 3 aromatic rings. The molecule has 35 heavy (non-hydrogen) atoms. The van der Waals surface area contributed by atoms with Crippen LogP contribution in [0.4, 0.5) is 10.2 Å². The topological polar surface area (TPSA) is 144 Å². The third-order valence-corrected chi connectivity index (χ3v) is 7.60. The van der Waals surface area contributed by atoms with Crippen LogP contribution in [0.25, 0.3) is 0 Å². The van der Waals surface area contributed by atoms with Crippen LogP contribution in [0.5, 0.6) is 0 Å². The van der Waals surface area contributed by atoms with Crippen molar-refractivity contribution in [3.05, 3.63) is 74.8 Å². The van der Waals surface area contributed by atoms with E-state index in [1.807, 2.05) is 30.3 Å². The lowest BCUT2D eigenvalue weighted by Gasteiger charge is -2.18. The second kappa shape index (κ2) is 10.6. The number of nitrogens with zero attached hydrogens (tertiary/aromatic N) is 2. The van der Waals surface area contributed by atoms with E-state index in [0.717, 1.165) is 22.5 Å². The zero-order valence-corrected chi connectivity index (χ0v) is 20.6. The molecule has 4 N–H and O–H groups in total. The predicted octanol–water partition coefficient (Wildman–Crippen LogP) is 2.73. The van der Waals surface area contributed by atoms with Crippen molar-refractivity contribution in [1.82, 2.24) is 9.97 Å². The molecule has 1 aromatic carbocycles. The summed E-state index contributed by atoms with van der Waals surface area (Å²) in [7, 11) is -4.23. The number of carbonyl (C=O) groups is 1. The monoisotopic (exact) mass is 540 g/mol. The molecule has 0 radical (unpaired) electrons. The third kappa shape index (κ3) is 6.21. The zero-order chi connectivity index (χ0) is 25.2. The average Bonchev–Trinajstić information content (AvgIpc) is 3.32. The van der Waals surface area contributed by atoms with Gasteiger partial charge in [0.05, 0.1) is 33.5 Å². The Balaban J connectivity index is 1.51. The summed E-state index contributed by atoms with van der Waals surface area (Å²) in [5.74, 6) is -1.12. The zero-order valence-electron chi connectivity index (χ0n) is 18.2. The number of alkyl halides is 1. The highest BCUT2D eigenvalue weighted by Crippen LogP contribution is 2.34. The number of ketones is 1. The molecule has 1 saturated carbocycles. The van der Waals surface area contributed by atoms with Crippen LogP contribution in [0.2, 0.25) is 4.34 Å². The van der Waals surface area contributed by atoms with Crippen LogP contribution in [0.1, 0.15) is 32.8 Å². The number of hydrogen-bond donors (Lipinski definition) is 3. The summed E-state index contributed by atoms with van der Waals surface area (Å²) in [5, 5.41) is 17.8. The minimum absolute atomic E-state index is 0.0293. The fourth-order valence-corrected chi connectivity index (χ4v) is 5.55. The molecule has 4 rings (SSSR count). The number of carbonyl (C=O) groups excluding carboxylic acids is 1. The van der Waals surface area contributed by atoms with Gasteiger partial charge in [-0.25, -0.2) is 19.5 Å². The summed E-state index contributed by atoms with van der Waals surface area (Å²) in [6.45, 7) is -0.466. The van der Waals surface area contributed by atoms with E-state index in [0.29, 0.717) is 15.6 Å². The van der Waals surface area contributed by atoms with Crippen molar-refractivity contribution in [3.8, 4) is 0 Å². The van der Waals surface area contributed by atoms with E-state index >= 15 is 0 Å². The van der Waals surface area contributed by atoms with Gasteiger partial charge in [0.15, 0.2) is 0 Å². The van der Waals surface area contributed by atoms with E-state index in [1.165, 1.54) is 12.5 Å². The van der Waals surface area contributed by atoms with E-state index in [2.05, 4.69) is 19.5 Å². The average molecular weight is 541 g/mol. The minimum Gasteiger partial charge on any atom is -0.390 e. The number of nitrogens with one attached hydrogen (secondary N) is 1. The van der Waals surface area contributed by atoms with Gasteiger partial charge < -0.3 is 10.4 Å². The first-order chi connectivity index (χ1) is 16.6. The van der Waals surface area contributed by atoms with E-state index < -0.39 is 41.1 Å². The van der Waals surface area contributed by atoms with Crippen LogP contribution in [0, 0.1) is 5.92 Å². The van der Waals surface area contributed by atoms with Crippen molar-refractivity contribution in [2.24, 2.45) is 11.1 Å². The number of thiophene rings is 1. The van der Waals surface area contributed by atoms with Gasteiger partial charge in [0.1, 0.15) is 18.3 Å². The molecule has 0 spiro atoms. The first-order valence-electron chi connectivity index (χ1n) is 10.5. The number of benzene rings is 1. The number of halogens is 2. The van der Waals surface area contributed by atoms with Crippen molar-refractivity contribution in [1.29, 1.82) is 0 Å². The summed E-state index contributed by atoms with van der Waals surface area (Å²) in [6.07, 6.45) is -0.112. The van der Waals surface area contributed by atoms with Crippen molar-refractivity contribution in [3.63, 3.8) is 0 Å². The highest BCUT2D eigenvalue weighted by atomic mass is 35.5. The van der Waals surface area contributed by atoms with E-state index in [1.54, 1.807) is 6.07 Å². The smallest absolute Gasteiger partial charge is 0.333 e. The van der Waals surface area contributed by atoms with Crippen molar-refractivity contribution >= 4 is 44.8 Å². The Kier molecular flexibility index (Phi) is 7.79. The van der Waals surface area contributed by atoms with Crippen LogP contribution in [0.15, 0.2) is 48.9 Å². The Hall–Kier alpha value is -2.48. The number of rotatable bonds is 9. The second-order valence-electron chi connectivity index (χ2n) is 8.15. The van der Waals surface area contributed by atoms with Gasteiger partial charge in [-0.3, -0.25) is 8.98 Å².